The van der Waals surface area contributed by atoms with E-state index in [1.165, 1.54) is 6.07 Å². The van der Waals surface area contributed by atoms with E-state index in [4.69, 9.17) is 16.9 Å². The molecule has 1 rings (SSSR count). The topological polar surface area (TPSA) is 40.9 Å². The van der Waals surface area contributed by atoms with Crippen molar-refractivity contribution in [1.82, 2.24) is 0 Å². The molecular formula is C8H3ClFNO. The third-order valence-corrected chi connectivity index (χ3v) is 1.51. The van der Waals surface area contributed by atoms with Crippen molar-refractivity contribution in [3.05, 3.63) is 35.1 Å². The molecule has 0 saturated heterocycles. The van der Waals surface area contributed by atoms with Gasteiger partial charge in [-0.15, -0.1) is 0 Å². The second-order valence-corrected chi connectivity index (χ2v) is 2.42. The highest BCUT2D eigenvalue weighted by atomic mass is 35.5. The smallest absolute Gasteiger partial charge is 0.255 e. The Morgan fingerprint density at radius 1 is 1.58 bits per heavy atom. The lowest BCUT2D eigenvalue weighted by molar-refractivity contribution is 0.107. The lowest BCUT2D eigenvalue weighted by Crippen LogP contribution is -1.94. The maximum atomic E-state index is 12.7. The zero-order valence-electron chi connectivity index (χ0n) is 5.84. The molecule has 0 aliphatic rings. The van der Waals surface area contributed by atoms with E-state index < -0.39 is 11.1 Å². The van der Waals surface area contributed by atoms with Crippen LogP contribution in [0.3, 0.4) is 0 Å². The van der Waals surface area contributed by atoms with Gasteiger partial charge in [-0.3, -0.25) is 4.79 Å². The summed E-state index contributed by atoms with van der Waals surface area (Å²) < 4.78 is 12.7. The van der Waals surface area contributed by atoms with E-state index in [2.05, 4.69) is 0 Å². The Morgan fingerprint density at radius 3 is 2.75 bits per heavy atom. The van der Waals surface area contributed by atoms with E-state index >= 15 is 0 Å². The molecule has 0 aliphatic heterocycles. The Balaban J connectivity index is 3.28. The molecule has 0 saturated carbocycles. The van der Waals surface area contributed by atoms with Crippen LogP contribution in [0, 0.1) is 17.1 Å². The maximum absolute atomic E-state index is 12.7. The van der Waals surface area contributed by atoms with Crippen LogP contribution < -0.4 is 0 Å². The van der Waals surface area contributed by atoms with Crippen molar-refractivity contribution in [2.24, 2.45) is 0 Å². The van der Waals surface area contributed by atoms with Crippen molar-refractivity contribution >= 4 is 16.8 Å². The first-order chi connectivity index (χ1) is 5.65. The molecule has 4 heteroatoms. The molecule has 0 unspecified atom stereocenters. The summed E-state index contributed by atoms with van der Waals surface area (Å²) in [5.74, 6) is -0.714. The van der Waals surface area contributed by atoms with Crippen molar-refractivity contribution in [2.45, 2.75) is 0 Å². The van der Waals surface area contributed by atoms with Gasteiger partial charge in [0, 0.05) is 0 Å². The standard InChI is InChI=1S/C8H3ClFNO/c9-8(12)6-3-5(4-11)1-2-7(6)10/h1-3H. The number of rotatable bonds is 1. The SMILES string of the molecule is N#Cc1ccc(F)c(C(=O)Cl)c1. The van der Waals surface area contributed by atoms with Crippen LogP contribution >= 0.6 is 11.6 Å². The molecule has 12 heavy (non-hydrogen) atoms. The van der Waals surface area contributed by atoms with Crippen molar-refractivity contribution in [1.29, 1.82) is 5.26 Å². The summed E-state index contributed by atoms with van der Waals surface area (Å²) in [4.78, 5) is 10.6. The van der Waals surface area contributed by atoms with Crippen LogP contribution in [0.5, 0.6) is 0 Å². The van der Waals surface area contributed by atoms with Gasteiger partial charge in [-0.05, 0) is 29.8 Å². The van der Waals surface area contributed by atoms with E-state index in [1.54, 1.807) is 6.07 Å². The Labute approximate surface area is 73.2 Å². The molecule has 60 valence electrons. The molecule has 0 spiro atoms. The van der Waals surface area contributed by atoms with Crippen LogP contribution in [0.25, 0.3) is 0 Å². The van der Waals surface area contributed by atoms with E-state index in [9.17, 15) is 9.18 Å². The van der Waals surface area contributed by atoms with Gasteiger partial charge in [0.15, 0.2) is 0 Å². The van der Waals surface area contributed by atoms with Gasteiger partial charge >= 0.3 is 0 Å². The van der Waals surface area contributed by atoms with Crippen LogP contribution in [-0.2, 0) is 0 Å². The molecule has 0 bridgehead atoms. The first kappa shape index (κ1) is 8.69. The summed E-state index contributed by atoms with van der Waals surface area (Å²) in [6.07, 6.45) is 0. The molecule has 2 nitrogen and oxygen atoms in total. The van der Waals surface area contributed by atoms with Crippen LogP contribution in [0.4, 0.5) is 4.39 Å². The first-order valence-corrected chi connectivity index (χ1v) is 3.42. The number of nitrogens with zero attached hydrogens (tertiary/aromatic N) is 1. The van der Waals surface area contributed by atoms with Gasteiger partial charge in [0.1, 0.15) is 5.82 Å². The van der Waals surface area contributed by atoms with Gasteiger partial charge in [-0.25, -0.2) is 4.39 Å². The Bertz CT molecular complexity index is 370. The lowest BCUT2D eigenvalue weighted by Gasteiger charge is -1.95. The third kappa shape index (κ3) is 1.60. The predicted octanol–water partition coefficient (Wildman–Crippen LogP) is 2.08. The van der Waals surface area contributed by atoms with Crippen molar-refractivity contribution in [2.75, 3.05) is 0 Å². The second-order valence-electron chi connectivity index (χ2n) is 2.08. The van der Waals surface area contributed by atoms with E-state index in [-0.39, 0.29) is 11.1 Å². The van der Waals surface area contributed by atoms with Gasteiger partial charge < -0.3 is 0 Å². The molecule has 0 heterocycles. The molecule has 0 aromatic heterocycles. The fraction of sp³-hybridized carbons (Fsp3) is 0. The average molecular weight is 184 g/mol. The third-order valence-electron chi connectivity index (χ3n) is 1.31. The second kappa shape index (κ2) is 3.33. The van der Waals surface area contributed by atoms with Gasteiger partial charge in [-0.1, -0.05) is 0 Å². The lowest BCUT2D eigenvalue weighted by atomic mass is 10.1. The summed E-state index contributed by atoms with van der Waals surface area (Å²) in [5, 5.41) is 7.51. The number of hydrogen-bond acceptors (Lipinski definition) is 2. The number of benzene rings is 1. The minimum absolute atomic E-state index is 0.209. The Kier molecular flexibility index (Phi) is 2.41. The molecule has 0 N–H and O–H groups in total. The summed E-state index contributed by atoms with van der Waals surface area (Å²) in [6.45, 7) is 0. The molecule has 0 amide bonds. The number of nitriles is 1. The molecule has 0 atom stereocenters. The Hall–Kier alpha value is -1.40. The molecule has 0 aliphatic carbocycles. The maximum Gasteiger partial charge on any atom is 0.255 e. The van der Waals surface area contributed by atoms with E-state index in [0.717, 1.165) is 12.1 Å². The van der Waals surface area contributed by atoms with E-state index in [0.29, 0.717) is 0 Å². The highest BCUT2D eigenvalue weighted by Crippen LogP contribution is 2.12. The minimum atomic E-state index is -0.899. The number of carbonyl (C=O) groups excluding carboxylic acids is 1. The first-order valence-electron chi connectivity index (χ1n) is 3.04. The monoisotopic (exact) mass is 183 g/mol. The van der Waals surface area contributed by atoms with Gasteiger partial charge in [0.25, 0.3) is 5.24 Å². The summed E-state index contributed by atoms with van der Waals surface area (Å²) in [7, 11) is 0. The quantitative estimate of drug-likeness (QED) is 0.626. The zero-order chi connectivity index (χ0) is 9.14. The summed E-state index contributed by atoms with van der Waals surface area (Å²) in [5.41, 5.74) is -0.0592. The average Bonchev–Trinajstić information content (AvgIpc) is 2.05. The zero-order valence-corrected chi connectivity index (χ0v) is 6.60. The van der Waals surface area contributed by atoms with Crippen LogP contribution in [0.15, 0.2) is 18.2 Å². The number of hydrogen-bond donors (Lipinski definition) is 0. The molecular weight excluding hydrogens is 181 g/mol. The van der Waals surface area contributed by atoms with Gasteiger partial charge in [0.05, 0.1) is 17.2 Å². The van der Waals surface area contributed by atoms with Crippen molar-refractivity contribution in [3.8, 4) is 6.07 Å². The van der Waals surface area contributed by atoms with Crippen molar-refractivity contribution in [3.63, 3.8) is 0 Å². The number of halogens is 2. The molecule has 1 aromatic carbocycles. The predicted molar refractivity (Wildman–Crippen MR) is 41.3 cm³/mol. The fourth-order valence-corrected chi connectivity index (χ4v) is 0.890. The van der Waals surface area contributed by atoms with E-state index in [1.807, 2.05) is 0 Å². The highest BCUT2D eigenvalue weighted by molar-refractivity contribution is 6.67. The van der Waals surface area contributed by atoms with Gasteiger partial charge in [-0.2, -0.15) is 5.26 Å². The number of carbonyl (C=O) groups is 1. The largest absolute Gasteiger partial charge is 0.275 e. The molecule has 1 aromatic rings. The van der Waals surface area contributed by atoms with Crippen LogP contribution in [-0.4, -0.2) is 5.24 Å². The van der Waals surface area contributed by atoms with Crippen LogP contribution in [0.2, 0.25) is 0 Å². The van der Waals surface area contributed by atoms with Gasteiger partial charge in [0.2, 0.25) is 0 Å². The minimum Gasteiger partial charge on any atom is -0.275 e. The van der Waals surface area contributed by atoms with Crippen molar-refractivity contribution < 1.29 is 9.18 Å². The molecule has 0 radical (unpaired) electrons. The normalized spacial score (nSPS) is 9.08. The summed E-state index contributed by atoms with van der Waals surface area (Å²) >= 11 is 5.05. The summed E-state index contributed by atoms with van der Waals surface area (Å²) in [6, 6.07) is 5.20. The van der Waals surface area contributed by atoms with Crippen LogP contribution in [0.1, 0.15) is 15.9 Å². The highest BCUT2D eigenvalue weighted by Gasteiger charge is 2.09. The molecule has 0 fully saturated rings. The fourth-order valence-electron chi connectivity index (χ4n) is 0.745. The Morgan fingerprint density at radius 2 is 2.25 bits per heavy atom.